The van der Waals surface area contributed by atoms with Gasteiger partial charge >= 0.3 is 0 Å². The minimum absolute atomic E-state index is 0.497. The van der Waals surface area contributed by atoms with Crippen molar-refractivity contribution in [3.63, 3.8) is 0 Å². The molecule has 1 aliphatic rings. The molecule has 1 aromatic heterocycles. The Morgan fingerprint density at radius 3 is 2.94 bits per heavy atom. The van der Waals surface area contributed by atoms with E-state index in [1.807, 2.05) is 4.68 Å². The largest absolute Gasteiger partial charge is 0.379 e. The van der Waals surface area contributed by atoms with Crippen molar-refractivity contribution in [3.8, 4) is 0 Å². The van der Waals surface area contributed by atoms with Crippen molar-refractivity contribution in [1.82, 2.24) is 20.2 Å². The van der Waals surface area contributed by atoms with Crippen LogP contribution in [0.15, 0.2) is 5.16 Å². The predicted molar refractivity (Wildman–Crippen MR) is 67.6 cm³/mol. The van der Waals surface area contributed by atoms with Gasteiger partial charge in [0.25, 0.3) is 0 Å². The second kappa shape index (κ2) is 7.18. The summed E-state index contributed by atoms with van der Waals surface area (Å²) in [6.07, 6.45) is 4.96. The minimum Gasteiger partial charge on any atom is -0.379 e. The van der Waals surface area contributed by atoms with Gasteiger partial charge in [-0.3, -0.25) is 0 Å². The van der Waals surface area contributed by atoms with Crippen LogP contribution in [0.2, 0.25) is 0 Å². The van der Waals surface area contributed by atoms with Crippen molar-refractivity contribution in [2.45, 2.75) is 36.9 Å². The molecule has 1 heterocycles. The van der Waals surface area contributed by atoms with E-state index in [1.54, 1.807) is 11.8 Å². The fourth-order valence-electron chi connectivity index (χ4n) is 2.01. The Bertz CT molecular complexity index is 330. The maximum Gasteiger partial charge on any atom is 0.209 e. The second-order valence-electron chi connectivity index (χ2n) is 3.99. The number of alkyl halides is 1. The Labute approximate surface area is 110 Å². The lowest BCUT2D eigenvalue weighted by molar-refractivity contribution is 0.166. The molecule has 5 nitrogen and oxygen atoms in total. The van der Waals surface area contributed by atoms with E-state index >= 15 is 0 Å². The smallest absolute Gasteiger partial charge is 0.209 e. The maximum atomic E-state index is 5.52. The van der Waals surface area contributed by atoms with Crippen molar-refractivity contribution >= 4 is 23.4 Å². The molecule has 0 aliphatic heterocycles. The van der Waals surface area contributed by atoms with E-state index in [0.29, 0.717) is 25.1 Å². The molecule has 1 fully saturated rings. The lowest BCUT2D eigenvalue weighted by atomic mass is 10.3. The molecule has 2 rings (SSSR count). The standard InChI is InChI=1S/C10H17ClN4OS/c11-5-6-16-7-8-17-10-12-13-14-15(10)9-3-1-2-4-9/h9H,1-8H2. The lowest BCUT2D eigenvalue weighted by Gasteiger charge is -2.10. The monoisotopic (exact) mass is 276 g/mol. The van der Waals surface area contributed by atoms with Crippen LogP contribution < -0.4 is 0 Å². The molecule has 17 heavy (non-hydrogen) atoms. The first kappa shape index (κ1) is 13.1. The van der Waals surface area contributed by atoms with Gasteiger partial charge in [0.2, 0.25) is 5.16 Å². The van der Waals surface area contributed by atoms with Gasteiger partial charge in [-0.15, -0.1) is 16.7 Å². The van der Waals surface area contributed by atoms with Crippen LogP contribution in [0.4, 0.5) is 0 Å². The zero-order valence-electron chi connectivity index (χ0n) is 9.72. The van der Waals surface area contributed by atoms with E-state index in [1.165, 1.54) is 25.7 Å². The number of rotatable bonds is 7. The van der Waals surface area contributed by atoms with Crippen LogP contribution in [0, 0.1) is 0 Å². The second-order valence-corrected chi connectivity index (χ2v) is 5.43. The third kappa shape index (κ3) is 3.82. The fraction of sp³-hybridized carbons (Fsp3) is 0.900. The van der Waals surface area contributed by atoms with E-state index in [0.717, 1.165) is 10.9 Å². The molecule has 0 saturated heterocycles. The number of hydrogen-bond acceptors (Lipinski definition) is 5. The van der Waals surface area contributed by atoms with Gasteiger partial charge in [-0.1, -0.05) is 24.6 Å². The number of halogens is 1. The molecule has 7 heteroatoms. The first-order valence-corrected chi connectivity index (χ1v) is 7.48. The van der Waals surface area contributed by atoms with Crippen molar-refractivity contribution < 1.29 is 4.74 Å². The molecule has 0 atom stereocenters. The normalized spacial score (nSPS) is 16.8. The van der Waals surface area contributed by atoms with Gasteiger partial charge in [0.05, 0.1) is 19.3 Å². The van der Waals surface area contributed by atoms with Crippen LogP contribution >= 0.6 is 23.4 Å². The first-order chi connectivity index (χ1) is 8.42. The molecule has 0 spiro atoms. The molecule has 1 saturated carbocycles. The average molecular weight is 277 g/mol. The number of ether oxygens (including phenoxy) is 1. The van der Waals surface area contributed by atoms with Crippen LogP contribution in [-0.2, 0) is 4.74 Å². The average Bonchev–Trinajstić information content (AvgIpc) is 2.98. The highest BCUT2D eigenvalue weighted by molar-refractivity contribution is 7.99. The predicted octanol–water partition coefficient (Wildman–Crippen LogP) is 2.14. The molecule has 0 aromatic carbocycles. The molecule has 96 valence electrons. The summed E-state index contributed by atoms with van der Waals surface area (Å²) >= 11 is 7.17. The molecule has 0 amide bonds. The molecule has 1 aromatic rings. The summed E-state index contributed by atoms with van der Waals surface area (Å²) in [5, 5.41) is 12.8. The third-order valence-electron chi connectivity index (χ3n) is 2.81. The number of nitrogens with zero attached hydrogens (tertiary/aromatic N) is 4. The van der Waals surface area contributed by atoms with E-state index in [4.69, 9.17) is 16.3 Å². The third-order valence-corrected chi connectivity index (χ3v) is 3.87. The Morgan fingerprint density at radius 1 is 1.35 bits per heavy atom. The Balaban J connectivity index is 1.78. The number of aromatic nitrogens is 4. The van der Waals surface area contributed by atoms with Gasteiger partial charge in [0.1, 0.15) is 0 Å². The molecule has 0 N–H and O–H groups in total. The van der Waals surface area contributed by atoms with E-state index in [-0.39, 0.29) is 0 Å². The highest BCUT2D eigenvalue weighted by Crippen LogP contribution is 2.31. The molecule has 0 unspecified atom stereocenters. The summed E-state index contributed by atoms with van der Waals surface area (Å²) < 4.78 is 7.29. The molecular weight excluding hydrogens is 260 g/mol. The van der Waals surface area contributed by atoms with E-state index in [9.17, 15) is 0 Å². The van der Waals surface area contributed by atoms with Crippen molar-refractivity contribution in [2.24, 2.45) is 0 Å². The van der Waals surface area contributed by atoms with Crippen LogP contribution in [-0.4, -0.2) is 45.1 Å². The van der Waals surface area contributed by atoms with E-state index < -0.39 is 0 Å². The fourth-order valence-corrected chi connectivity index (χ4v) is 2.91. The summed E-state index contributed by atoms with van der Waals surface area (Å²) in [4.78, 5) is 0. The topological polar surface area (TPSA) is 52.8 Å². The Kier molecular flexibility index (Phi) is 5.54. The number of tetrazole rings is 1. The van der Waals surface area contributed by atoms with Gasteiger partial charge in [-0.2, -0.15) is 0 Å². The number of thioether (sulfide) groups is 1. The molecular formula is C10H17ClN4OS. The first-order valence-electron chi connectivity index (χ1n) is 5.96. The van der Waals surface area contributed by atoms with Gasteiger partial charge in [-0.25, -0.2) is 4.68 Å². The van der Waals surface area contributed by atoms with Crippen molar-refractivity contribution in [3.05, 3.63) is 0 Å². The van der Waals surface area contributed by atoms with Crippen LogP contribution in [0.25, 0.3) is 0 Å². The summed E-state index contributed by atoms with van der Waals surface area (Å²) in [5.74, 6) is 1.41. The SMILES string of the molecule is ClCCOCCSc1nnnn1C1CCCC1. The maximum absolute atomic E-state index is 5.52. The quantitative estimate of drug-likeness (QED) is 0.434. The van der Waals surface area contributed by atoms with Gasteiger partial charge in [-0.05, 0) is 23.3 Å². The molecule has 1 aliphatic carbocycles. The summed E-state index contributed by atoms with van der Waals surface area (Å²) in [7, 11) is 0. The molecule has 0 radical (unpaired) electrons. The van der Waals surface area contributed by atoms with Crippen LogP contribution in [0.3, 0.4) is 0 Å². The Hall–Kier alpha value is -0.330. The summed E-state index contributed by atoms with van der Waals surface area (Å²) in [6.45, 7) is 1.30. The van der Waals surface area contributed by atoms with Crippen molar-refractivity contribution in [1.29, 1.82) is 0 Å². The lowest BCUT2D eigenvalue weighted by Crippen LogP contribution is -2.09. The van der Waals surface area contributed by atoms with Crippen LogP contribution in [0.5, 0.6) is 0 Å². The summed E-state index contributed by atoms with van der Waals surface area (Å²) in [5.41, 5.74) is 0. The summed E-state index contributed by atoms with van der Waals surface area (Å²) in [6, 6.07) is 0.497. The Morgan fingerprint density at radius 2 is 2.18 bits per heavy atom. The minimum atomic E-state index is 0.497. The highest BCUT2D eigenvalue weighted by atomic mass is 35.5. The van der Waals surface area contributed by atoms with Crippen LogP contribution in [0.1, 0.15) is 31.7 Å². The molecule has 0 bridgehead atoms. The zero-order valence-corrected chi connectivity index (χ0v) is 11.3. The van der Waals surface area contributed by atoms with Gasteiger partial charge < -0.3 is 4.74 Å². The number of hydrogen-bond donors (Lipinski definition) is 0. The highest BCUT2D eigenvalue weighted by Gasteiger charge is 2.21. The van der Waals surface area contributed by atoms with Gasteiger partial charge in [0, 0.05) is 11.6 Å². The van der Waals surface area contributed by atoms with E-state index in [2.05, 4.69) is 15.5 Å². The van der Waals surface area contributed by atoms with Crippen molar-refractivity contribution in [2.75, 3.05) is 24.8 Å². The van der Waals surface area contributed by atoms with Gasteiger partial charge in [0.15, 0.2) is 0 Å². The zero-order chi connectivity index (χ0) is 11.9.